The van der Waals surface area contributed by atoms with E-state index in [-0.39, 0.29) is 28.6 Å². The van der Waals surface area contributed by atoms with E-state index in [1.807, 2.05) is 6.07 Å². The van der Waals surface area contributed by atoms with Crippen LogP contribution in [0.2, 0.25) is 0 Å². The second-order valence-electron chi connectivity index (χ2n) is 6.97. The summed E-state index contributed by atoms with van der Waals surface area (Å²) in [5.74, 6) is 0.0883. The van der Waals surface area contributed by atoms with Crippen LogP contribution in [0.5, 0.6) is 0 Å². The molecule has 0 saturated heterocycles. The number of rotatable bonds is 6. The van der Waals surface area contributed by atoms with Gasteiger partial charge in [-0.3, -0.25) is 4.68 Å². The average Bonchev–Trinajstić information content (AvgIpc) is 3.07. The van der Waals surface area contributed by atoms with Crippen molar-refractivity contribution in [2.24, 2.45) is 5.14 Å². The van der Waals surface area contributed by atoms with Gasteiger partial charge in [0, 0.05) is 11.8 Å². The summed E-state index contributed by atoms with van der Waals surface area (Å²) in [6.07, 6.45) is 4.51. The Balaban J connectivity index is 1.99. The number of aliphatic hydroxyl groups is 1. The number of hydrogen-bond donors (Lipinski definition) is 3. The lowest BCUT2D eigenvalue weighted by Gasteiger charge is -2.16. The summed E-state index contributed by atoms with van der Waals surface area (Å²) >= 11 is 0. The highest BCUT2D eigenvalue weighted by atomic mass is 32.2. The molecule has 0 aliphatic carbocycles. The van der Waals surface area contributed by atoms with Crippen molar-refractivity contribution in [3.8, 4) is 17.3 Å². The molecule has 4 N–H and O–H groups in total. The van der Waals surface area contributed by atoms with Crippen LogP contribution in [0.4, 0.5) is 11.6 Å². The zero-order chi connectivity index (χ0) is 21.2. The Labute approximate surface area is 167 Å². The second kappa shape index (κ2) is 7.59. The maximum Gasteiger partial charge on any atom is 0.240 e. The van der Waals surface area contributed by atoms with Crippen molar-refractivity contribution in [1.82, 2.24) is 19.7 Å². The quantitative estimate of drug-likeness (QED) is 0.546. The number of benzene rings is 1. The number of nitrogens with one attached hydrogen (secondary N) is 1. The van der Waals surface area contributed by atoms with Crippen molar-refractivity contribution >= 4 is 21.7 Å². The third kappa shape index (κ3) is 4.94. The van der Waals surface area contributed by atoms with Crippen LogP contribution in [-0.2, 0) is 16.6 Å². The van der Waals surface area contributed by atoms with Crippen LogP contribution >= 0.6 is 0 Å². The number of sulfonamides is 1. The first-order chi connectivity index (χ1) is 13.6. The zero-order valence-corrected chi connectivity index (χ0v) is 16.6. The fraction of sp³-hybridized carbons (Fsp3) is 0.222. The maximum atomic E-state index is 11.8. The molecule has 0 aliphatic rings. The minimum Gasteiger partial charge on any atom is -0.389 e. The van der Waals surface area contributed by atoms with Gasteiger partial charge in [-0.25, -0.2) is 23.5 Å². The van der Waals surface area contributed by atoms with Gasteiger partial charge < -0.3 is 10.4 Å². The van der Waals surface area contributed by atoms with E-state index >= 15 is 0 Å². The van der Waals surface area contributed by atoms with E-state index in [2.05, 4.69) is 20.4 Å². The Morgan fingerprint density at radius 3 is 2.69 bits per heavy atom. The van der Waals surface area contributed by atoms with Gasteiger partial charge >= 0.3 is 0 Å². The van der Waals surface area contributed by atoms with Gasteiger partial charge in [0.1, 0.15) is 11.0 Å². The Morgan fingerprint density at radius 1 is 1.31 bits per heavy atom. The van der Waals surface area contributed by atoms with Gasteiger partial charge in [0.25, 0.3) is 0 Å². The number of aromatic nitrogens is 4. The minimum absolute atomic E-state index is 0.0883. The highest BCUT2D eigenvalue weighted by molar-refractivity contribution is 7.89. The predicted octanol–water partition coefficient (Wildman–Crippen LogP) is 1.37. The fourth-order valence-electron chi connectivity index (χ4n) is 2.65. The highest BCUT2D eigenvalue weighted by Gasteiger charge is 2.18. The number of para-hydroxylation sites is 1. The number of anilines is 2. The van der Waals surface area contributed by atoms with Gasteiger partial charge in [-0.05, 0) is 26.0 Å². The van der Waals surface area contributed by atoms with E-state index in [0.717, 1.165) is 0 Å². The second-order valence-corrected chi connectivity index (χ2v) is 8.50. The monoisotopic (exact) mass is 413 g/mol. The van der Waals surface area contributed by atoms with Gasteiger partial charge in [-0.1, -0.05) is 12.1 Å². The Kier molecular flexibility index (Phi) is 5.34. The van der Waals surface area contributed by atoms with E-state index in [9.17, 15) is 18.8 Å². The molecule has 10 nitrogen and oxygen atoms in total. The van der Waals surface area contributed by atoms with Crippen molar-refractivity contribution in [3.63, 3.8) is 0 Å². The van der Waals surface area contributed by atoms with Gasteiger partial charge in [0.15, 0.2) is 0 Å². The summed E-state index contributed by atoms with van der Waals surface area (Å²) in [6.45, 7) is 3.57. The molecule has 0 fully saturated rings. The number of hydrogen-bond acceptors (Lipinski definition) is 8. The van der Waals surface area contributed by atoms with E-state index in [0.29, 0.717) is 11.3 Å². The van der Waals surface area contributed by atoms with Crippen LogP contribution in [-0.4, -0.2) is 38.9 Å². The standard InChI is InChI=1S/C18H19N7O3S/c1-18(2,26)11-25-10-13(9-22-25)16-12(7-19)8-21-17(24-16)23-14-5-3-4-6-15(14)29(20,27)28/h3-6,8-10,26H,11H2,1-2H3,(H2,20,27,28)(H,21,23,24). The topological polar surface area (TPSA) is 160 Å². The van der Waals surface area contributed by atoms with Crippen LogP contribution in [0.3, 0.4) is 0 Å². The Morgan fingerprint density at radius 2 is 2.03 bits per heavy atom. The fourth-order valence-corrected chi connectivity index (χ4v) is 3.35. The molecule has 1 aromatic carbocycles. The van der Waals surface area contributed by atoms with Crippen LogP contribution in [0, 0.1) is 11.3 Å². The minimum atomic E-state index is -3.95. The number of primary sulfonamides is 1. The summed E-state index contributed by atoms with van der Waals surface area (Å²) in [7, 11) is -3.95. The van der Waals surface area contributed by atoms with Crippen molar-refractivity contribution in [2.45, 2.75) is 30.9 Å². The molecule has 0 radical (unpaired) electrons. The van der Waals surface area contributed by atoms with Gasteiger partial charge in [0.2, 0.25) is 16.0 Å². The van der Waals surface area contributed by atoms with E-state index in [1.54, 1.807) is 36.9 Å². The molecule has 0 amide bonds. The summed E-state index contributed by atoms with van der Waals surface area (Å²) in [5.41, 5.74) is 0.342. The SMILES string of the molecule is CC(C)(O)Cn1cc(-c2nc(Nc3ccccc3S(N)(=O)=O)ncc2C#N)cn1. The van der Waals surface area contributed by atoms with Crippen molar-refractivity contribution in [1.29, 1.82) is 5.26 Å². The lowest BCUT2D eigenvalue weighted by molar-refractivity contribution is 0.0577. The molecule has 2 heterocycles. The number of nitrogens with two attached hydrogens (primary N) is 1. The van der Waals surface area contributed by atoms with Crippen LogP contribution in [0.1, 0.15) is 19.4 Å². The van der Waals surface area contributed by atoms with Crippen LogP contribution in [0.15, 0.2) is 47.8 Å². The van der Waals surface area contributed by atoms with Crippen LogP contribution in [0.25, 0.3) is 11.3 Å². The molecule has 11 heteroatoms. The molecule has 0 atom stereocenters. The first kappa shape index (κ1) is 20.4. The third-order valence-corrected chi connectivity index (χ3v) is 4.77. The van der Waals surface area contributed by atoms with Crippen molar-refractivity contribution in [2.75, 3.05) is 5.32 Å². The lowest BCUT2D eigenvalue weighted by Crippen LogP contribution is -2.26. The number of nitriles is 1. The molecular formula is C18H19N7O3S. The van der Waals surface area contributed by atoms with Gasteiger partial charge in [-0.15, -0.1) is 0 Å². The summed E-state index contributed by atoms with van der Waals surface area (Å²) in [6, 6.07) is 8.11. The molecule has 0 aliphatic heterocycles. The first-order valence-corrected chi connectivity index (χ1v) is 10.0. The van der Waals surface area contributed by atoms with E-state index in [1.165, 1.54) is 24.5 Å². The Bertz CT molecular complexity index is 1190. The smallest absolute Gasteiger partial charge is 0.240 e. The predicted molar refractivity (Wildman–Crippen MR) is 105 cm³/mol. The first-order valence-electron chi connectivity index (χ1n) is 8.48. The van der Waals surface area contributed by atoms with Gasteiger partial charge in [0.05, 0.1) is 41.5 Å². The average molecular weight is 413 g/mol. The van der Waals surface area contributed by atoms with Crippen LogP contribution < -0.4 is 10.5 Å². The van der Waals surface area contributed by atoms with E-state index in [4.69, 9.17) is 5.14 Å². The molecule has 0 unspecified atom stereocenters. The highest BCUT2D eigenvalue weighted by Crippen LogP contribution is 2.25. The summed E-state index contributed by atoms with van der Waals surface area (Å²) in [4.78, 5) is 8.31. The summed E-state index contributed by atoms with van der Waals surface area (Å²) in [5, 5.41) is 31.6. The maximum absolute atomic E-state index is 11.8. The number of nitrogens with zero attached hydrogens (tertiary/aromatic N) is 5. The van der Waals surface area contributed by atoms with E-state index < -0.39 is 15.6 Å². The molecule has 0 saturated carbocycles. The summed E-state index contributed by atoms with van der Waals surface area (Å²) < 4.78 is 25.1. The lowest BCUT2D eigenvalue weighted by atomic mass is 10.1. The molecule has 0 bridgehead atoms. The molecule has 29 heavy (non-hydrogen) atoms. The van der Waals surface area contributed by atoms with Gasteiger partial charge in [-0.2, -0.15) is 10.4 Å². The molecule has 2 aromatic heterocycles. The van der Waals surface area contributed by atoms with Crippen molar-refractivity contribution in [3.05, 3.63) is 48.4 Å². The zero-order valence-electron chi connectivity index (χ0n) is 15.7. The van der Waals surface area contributed by atoms with Crippen molar-refractivity contribution < 1.29 is 13.5 Å². The molecule has 3 aromatic rings. The molecule has 150 valence electrons. The molecule has 3 rings (SSSR count). The molecular weight excluding hydrogens is 394 g/mol. The Hall–Kier alpha value is -3.33. The third-order valence-electron chi connectivity index (χ3n) is 3.80. The normalized spacial score (nSPS) is 11.8. The molecule has 0 spiro atoms. The largest absolute Gasteiger partial charge is 0.389 e.